The van der Waals surface area contributed by atoms with Crippen LogP contribution in [0.25, 0.3) is 0 Å². The van der Waals surface area contributed by atoms with Crippen molar-refractivity contribution in [1.29, 1.82) is 0 Å². The van der Waals surface area contributed by atoms with Crippen molar-refractivity contribution in [3.8, 4) is 5.75 Å². The first kappa shape index (κ1) is 12.9. The highest BCUT2D eigenvalue weighted by Crippen LogP contribution is 2.32. The number of hydrogen-bond acceptors (Lipinski definition) is 3. The van der Waals surface area contributed by atoms with E-state index < -0.39 is 0 Å². The average Bonchev–Trinajstić information content (AvgIpc) is 2.78. The molecule has 1 unspecified atom stereocenters. The van der Waals surface area contributed by atoms with E-state index in [2.05, 4.69) is 16.7 Å². The van der Waals surface area contributed by atoms with E-state index in [4.69, 9.17) is 4.74 Å². The lowest BCUT2D eigenvalue weighted by molar-refractivity contribution is -0.120. The lowest BCUT2D eigenvalue weighted by Crippen LogP contribution is -2.29. The summed E-state index contributed by atoms with van der Waals surface area (Å²) in [4.78, 5) is 11.3. The molecule has 1 aromatic rings. The predicted molar refractivity (Wildman–Crippen MR) is 70.8 cm³/mol. The van der Waals surface area contributed by atoms with E-state index in [0.717, 1.165) is 18.9 Å². The van der Waals surface area contributed by atoms with E-state index in [9.17, 15) is 4.79 Å². The van der Waals surface area contributed by atoms with Crippen molar-refractivity contribution in [3.63, 3.8) is 0 Å². The van der Waals surface area contributed by atoms with Gasteiger partial charge in [-0.05, 0) is 13.0 Å². The van der Waals surface area contributed by atoms with Crippen LogP contribution >= 0.6 is 0 Å². The molecule has 1 aromatic carbocycles. The fourth-order valence-corrected chi connectivity index (χ4v) is 2.16. The SMILES string of the molecule is CCNC(=O)CCNCC1COc2ccccc21. The van der Waals surface area contributed by atoms with E-state index in [0.29, 0.717) is 25.4 Å². The standard InChI is InChI=1S/C14H20N2O2/c1-2-16-14(17)7-8-15-9-11-10-18-13-6-4-3-5-12(11)13/h3-6,11,15H,2,7-10H2,1H3,(H,16,17). The van der Waals surface area contributed by atoms with Gasteiger partial charge in [0.05, 0.1) is 6.61 Å². The van der Waals surface area contributed by atoms with Crippen molar-refractivity contribution >= 4 is 5.91 Å². The topological polar surface area (TPSA) is 50.4 Å². The summed E-state index contributed by atoms with van der Waals surface area (Å²) in [5, 5.41) is 6.10. The third-order valence-electron chi connectivity index (χ3n) is 3.09. The van der Waals surface area contributed by atoms with Crippen molar-refractivity contribution in [1.82, 2.24) is 10.6 Å². The van der Waals surface area contributed by atoms with Crippen LogP contribution in [0.15, 0.2) is 24.3 Å². The number of para-hydroxylation sites is 1. The van der Waals surface area contributed by atoms with Gasteiger partial charge in [0.1, 0.15) is 5.75 Å². The summed E-state index contributed by atoms with van der Waals surface area (Å²) in [7, 11) is 0. The maximum atomic E-state index is 11.3. The minimum absolute atomic E-state index is 0.105. The molecule has 0 spiro atoms. The second kappa shape index (κ2) is 6.40. The zero-order valence-corrected chi connectivity index (χ0v) is 10.7. The molecule has 1 aliphatic heterocycles. The fraction of sp³-hybridized carbons (Fsp3) is 0.500. The number of benzene rings is 1. The Kier molecular flexibility index (Phi) is 4.59. The third kappa shape index (κ3) is 3.23. The molecule has 1 amide bonds. The molecular formula is C14H20N2O2. The van der Waals surface area contributed by atoms with Crippen LogP contribution in [-0.4, -0.2) is 32.1 Å². The molecule has 1 aliphatic rings. The molecule has 4 heteroatoms. The minimum Gasteiger partial charge on any atom is -0.493 e. The molecule has 0 bridgehead atoms. The Labute approximate surface area is 108 Å². The van der Waals surface area contributed by atoms with Gasteiger partial charge in [-0.1, -0.05) is 18.2 Å². The van der Waals surface area contributed by atoms with Crippen LogP contribution in [0.3, 0.4) is 0 Å². The predicted octanol–water partition coefficient (Wildman–Crippen LogP) is 1.28. The van der Waals surface area contributed by atoms with Crippen molar-refractivity contribution in [2.24, 2.45) is 0 Å². The molecule has 2 rings (SSSR count). The number of ether oxygens (including phenoxy) is 1. The molecular weight excluding hydrogens is 228 g/mol. The normalized spacial score (nSPS) is 17.1. The maximum Gasteiger partial charge on any atom is 0.221 e. The van der Waals surface area contributed by atoms with Crippen LogP contribution in [0.2, 0.25) is 0 Å². The number of carbonyl (C=O) groups is 1. The highest BCUT2D eigenvalue weighted by Gasteiger charge is 2.22. The number of nitrogens with one attached hydrogen (secondary N) is 2. The first-order valence-electron chi connectivity index (χ1n) is 6.50. The highest BCUT2D eigenvalue weighted by molar-refractivity contribution is 5.75. The number of hydrogen-bond donors (Lipinski definition) is 2. The van der Waals surface area contributed by atoms with Crippen molar-refractivity contribution in [2.45, 2.75) is 19.3 Å². The maximum absolute atomic E-state index is 11.3. The molecule has 1 atom stereocenters. The molecule has 1 heterocycles. The Morgan fingerprint density at radius 3 is 3.11 bits per heavy atom. The third-order valence-corrected chi connectivity index (χ3v) is 3.09. The van der Waals surface area contributed by atoms with E-state index in [1.165, 1.54) is 5.56 Å². The Morgan fingerprint density at radius 1 is 1.44 bits per heavy atom. The van der Waals surface area contributed by atoms with Gasteiger partial charge in [-0.25, -0.2) is 0 Å². The van der Waals surface area contributed by atoms with E-state index in [-0.39, 0.29) is 5.91 Å². The van der Waals surface area contributed by atoms with Gasteiger partial charge in [-0.3, -0.25) is 4.79 Å². The van der Waals surface area contributed by atoms with Crippen molar-refractivity contribution < 1.29 is 9.53 Å². The Balaban J connectivity index is 1.71. The van der Waals surface area contributed by atoms with Crippen LogP contribution in [0.4, 0.5) is 0 Å². The van der Waals surface area contributed by atoms with Gasteiger partial charge in [0.25, 0.3) is 0 Å². The van der Waals surface area contributed by atoms with Gasteiger partial charge in [0.2, 0.25) is 5.91 Å². The van der Waals surface area contributed by atoms with Crippen molar-refractivity contribution in [2.75, 3.05) is 26.2 Å². The number of rotatable bonds is 6. The second-order valence-corrected chi connectivity index (χ2v) is 4.45. The van der Waals surface area contributed by atoms with Gasteiger partial charge in [0, 0.05) is 37.5 Å². The molecule has 0 aromatic heterocycles. The molecule has 4 nitrogen and oxygen atoms in total. The second-order valence-electron chi connectivity index (χ2n) is 4.45. The molecule has 0 saturated heterocycles. The quantitative estimate of drug-likeness (QED) is 0.746. The summed E-state index contributed by atoms with van der Waals surface area (Å²) in [6.07, 6.45) is 0.531. The van der Waals surface area contributed by atoms with Gasteiger partial charge in [0.15, 0.2) is 0 Å². The van der Waals surface area contributed by atoms with Crippen LogP contribution < -0.4 is 15.4 Å². The van der Waals surface area contributed by atoms with Crippen LogP contribution in [-0.2, 0) is 4.79 Å². The lowest BCUT2D eigenvalue weighted by Gasteiger charge is -2.10. The van der Waals surface area contributed by atoms with E-state index >= 15 is 0 Å². The van der Waals surface area contributed by atoms with Gasteiger partial charge >= 0.3 is 0 Å². The van der Waals surface area contributed by atoms with Gasteiger partial charge in [-0.2, -0.15) is 0 Å². The largest absolute Gasteiger partial charge is 0.493 e. The molecule has 0 aliphatic carbocycles. The van der Waals surface area contributed by atoms with Crippen LogP contribution in [0.1, 0.15) is 24.8 Å². The Morgan fingerprint density at radius 2 is 2.28 bits per heavy atom. The minimum atomic E-state index is 0.105. The van der Waals surface area contributed by atoms with Gasteiger partial charge in [-0.15, -0.1) is 0 Å². The smallest absolute Gasteiger partial charge is 0.221 e. The summed E-state index contributed by atoms with van der Waals surface area (Å²) < 4.78 is 5.61. The summed E-state index contributed by atoms with van der Waals surface area (Å²) in [6.45, 7) is 4.93. The monoisotopic (exact) mass is 248 g/mol. The highest BCUT2D eigenvalue weighted by atomic mass is 16.5. The summed E-state index contributed by atoms with van der Waals surface area (Å²) in [5.41, 5.74) is 1.27. The molecule has 0 fully saturated rings. The van der Waals surface area contributed by atoms with Gasteiger partial charge < -0.3 is 15.4 Å². The fourth-order valence-electron chi connectivity index (χ4n) is 2.16. The average molecular weight is 248 g/mol. The number of fused-ring (bicyclic) bond motifs is 1. The lowest BCUT2D eigenvalue weighted by atomic mass is 10.0. The molecule has 98 valence electrons. The van der Waals surface area contributed by atoms with Crippen molar-refractivity contribution in [3.05, 3.63) is 29.8 Å². The first-order valence-corrected chi connectivity index (χ1v) is 6.50. The number of carbonyl (C=O) groups excluding carboxylic acids is 1. The summed E-state index contributed by atoms with van der Waals surface area (Å²) in [5.74, 6) is 1.50. The van der Waals surface area contributed by atoms with Crippen LogP contribution in [0.5, 0.6) is 5.75 Å². The summed E-state index contributed by atoms with van der Waals surface area (Å²) >= 11 is 0. The first-order chi connectivity index (χ1) is 8.81. The summed E-state index contributed by atoms with van der Waals surface area (Å²) in [6, 6.07) is 8.14. The van der Waals surface area contributed by atoms with E-state index in [1.54, 1.807) is 0 Å². The zero-order chi connectivity index (χ0) is 12.8. The van der Waals surface area contributed by atoms with Crippen LogP contribution in [0, 0.1) is 0 Å². The molecule has 0 saturated carbocycles. The number of amides is 1. The zero-order valence-electron chi connectivity index (χ0n) is 10.7. The molecule has 2 N–H and O–H groups in total. The Bertz CT molecular complexity index is 407. The molecule has 18 heavy (non-hydrogen) atoms. The molecule has 0 radical (unpaired) electrons. The Hall–Kier alpha value is -1.55. The van der Waals surface area contributed by atoms with E-state index in [1.807, 2.05) is 25.1 Å².